The first kappa shape index (κ1) is 11.6. The first-order valence-corrected chi connectivity index (χ1v) is 4.39. The number of hydrazine groups is 1. The fraction of sp³-hybridized carbons (Fsp3) is 0.778. The topological polar surface area (TPSA) is 47.3 Å². The van der Waals surface area contributed by atoms with Gasteiger partial charge in [-0.15, -0.1) is 6.58 Å². The van der Waals surface area contributed by atoms with Crippen LogP contribution >= 0.6 is 0 Å². The minimum absolute atomic E-state index is 0.252. The van der Waals surface area contributed by atoms with Crippen LogP contribution in [0.15, 0.2) is 12.2 Å². The SMILES string of the molecule is C=C(C)CCC(COCC)NN. The van der Waals surface area contributed by atoms with E-state index in [4.69, 9.17) is 10.6 Å². The van der Waals surface area contributed by atoms with Crippen molar-refractivity contribution in [3.63, 3.8) is 0 Å². The van der Waals surface area contributed by atoms with Gasteiger partial charge in [-0.3, -0.25) is 11.3 Å². The molecule has 0 rings (SSSR count). The molecule has 0 spiro atoms. The summed E-state index contributed by atoms with van der Waals surface area (Å²) in [4.78, 5) is 0. The highest BCUT2D eigenvalue weighted by molar-refractivity contribution is 4.88. The number of ether oxygens (including phenoxy) is 1. The van der Waals surface area contributed by atoms with Crippen LogP contribution in [0.1, 0.15) is 26.7 Å². The summed E-state index contributed by atoms with van der Waals surface area (Å²) in [5.74, 6) is 5.34. The van der Waals surface area contributed by atoms with Crippen LogP contribution in [0.3, 0.4) is 0 Å². The second kappa shape index (κ2) is 7.28. The van der Waals surface area contributed by atoms with Crippen LogP contribution in [-0.2, 0) is 4.74 Å². The lowest BCUT2D eigenvalue weighted by molar-refractivity contribution is 0.120. The minimum Gasteiger partial charge on any atom is -0.380 e. The number of hydrogen-bond acceptors (Lipinski definition) is 3. The molecule has 0 heterocycles. The number of nitrogens with two attached hydrogens (primary N) is 1. The molecule has 3 heteroatoms. The zero-order valence-corrected chi connectivity index (χ0v) is 8.10. The molecule has 0 bridgehead atoms. The number of hydrogen-bond donors (Lipinski definition) is 2. The summed E-state index contributed by atoms with van der Waals surface area (Å²) < 4.78 is 5.25. The monoisotopic (exact) mass is 172 g/mol. The van der Waals surface area contributed by atoms with Crippen molar-refractivity contribution in [1.29, 1.82) is 0 Å². The Kier molecular flexibility index (Phi) is 7.05. The summed E-state index contributed by atoms with van der Waals surface area (Å²) >= 11 is 0. The second-order valence-electron chi connectivity index (χ2n) is 3.02. The fourth-order valence-electron chi connectivity index (χ4n) is 0.896. The van der Waals surface area contributed by atoms with Crippen molar-refractivity contribution in [2.75, 3.05) is 13.2 Å². The molecule has 0 radical (unpaired) electrons. The normalized spacial score (nSPS) is 12.9. The molecule has 0 fully saturated rings. The van der Waals surface area contributed by atoms with Crippen LogP contribution in [0, 0.1) is 0 Å². The molecule has 1 unspecified atom stereocenters. The minimum atomic E-state index is 0.252. The lowest BCUT2D eigenvalue weighted by Crippen LogP contribution is -2.38. The molecule has 3 N–H and O–H groups in total. The fourth-order valence-corrected chi connectivity index (χ4v) is 0.896. The van der Waals surface area contributed by atoms with E-state index in [-0.39, 0.29) is 6.04 Å². The van der Waals surface area contributed by atoms with Crippen molar-refractivity contribution >= 4 is 0 Å². The van der Waals surface area contributed by atoms with E-state index >= 15 is 0 Å². The van der Waals surface area contributed by atoms with E-state index in [9.17, 15) is 0 Å². The Labute approximate surface area is 74.9 Å². The molecule has 0 aliphatic rings. The highest BCUT2D eigenvalue weighted by Gasteiger charge is 2.05. The lowest BCUT2D eigenvalue weighted by atomic mass is 10.1. The van der Waals surface area contributed by atoms with Gasteiger partial charge in [0, 0.05) is 12.6 Å². The van der Waals surface area contributed by atoms with Gasteiger partial charge in [-0.25, -0.2) is 0 Å². The standard InChI is InChI=1S/C9H20N2O/c1-4-12-7-9(11-10)6-5-8(2)3/h9,11H,2,4-7,10H2,1,3H3. The molecular formula is C9H20N2O. The summed E-state index contributed by atoms with van der Waals surface area (Å²) in [7, 11) is 0. The summed E-state index contributed by atoms with van der Waals surface area (Å²) in [5, 5.41) is 0. The first-order valence-electron chi connectivity index (χ1n) is 4.39. The summed E-state index contributed by atoms with van der Waals surface area (Å²) in [6.45, 7) is 9.25. The lowest BCUT2D eigenvalue weighted by Gasteiger charge is -2.15. The van der Waals surface area contributed by atoms with Gasteiger partial charge >= 0.3 is 0 Å². The van der Waals surface area contributed by atoms with Gasteiger partial charge in [0.05, 0.1) is 6.61 Å². The van der Waals surface area contributed by atoms with E-state index in [2.05, 4.69) is 12.0 Å². The van der Waals surface area contributed by atoms with Gasteiger partial charge in [0.2, 0.25) is 0 Å². The van der Waals surface area contributed by atoms with Crippen LogP contribution in [0.25, 0.3) is 0 Å². The van der Waals surface area contributed by atoms with Gasteiger partial charge in [0.25, 0.3) is 0 Å². The number of nitrogens with one attached hydrogen (secondary N) is 1. The molecule has 72 valence electrons. The van der Waals surface area contributed by atoms with Crippen LogP contribution < -0.4 is 11.3 Å². The zero-order valence-electron chi connectivity index (χ0n) is 8.10. The van der Waals surface area contributed by atoms with Gasteiger partial charge < -0.3 is 4.74 Å². The van der Waals surface area contributed by atoms with E-state index in [0.717, 1.165) is 19.4 Å². The molecule has 3 nitrogen and oxygen atoms in total. The van der Waals surface area contributed by atoms with Crippen LogP contribution in [0.5, 0.6) is 0 Å². The van der Waals surface area contributed by atoms with Crippen molar-refractivity contribution in [2.45, 2.75) is 32.7 Å². The van der Waals surface area contributed by atoms with Gasteiger partial charge in [0.15, 0.2) is 0 Å². The third kappa shape index (κ3) is 6.34. The van der Waals surface area contributed by atoms with Crippen molar-refractivity contribution in [2.24, 2.45) is 5.84 Å². The molecule has 0 aromatic carbocycles. The van der Waals surface area contributed by atoms with Crippen LogP contribution in [0.2, 0.25) is 0 Å². The maximum absolute atomic E-state index is 5.34. The molecule has 0 saturated carbocycles. The maximum Gasteiger partial charge on any atom is 0.0633 e. The molecule has 0 amide bonds. The van der Waals surface area contributed by atoms with Crippen LogP contribution in [-0.4, -0.2) is 19.3 Å². The van der Waals surface area contributed by atoms with Gasteiger partial charge in [-0.05, 0) is 26.7 Å². The van der Waals surface area contributed by atoms with E-state index in [1.165, 1.54) is 5.57 Å². The zero-order chi connectivity index (χ0) is 9.40. The molecule has 0 aromatic heterocycles. The Morgan fingerprint density at radius 3 is 2.75 bits per heavy atom. The van der Waals surface area contributed by atoms with Crippen molar-refractivity contribution < 1.29 is 4.74 Å². The second-order valence-corrected chi connectivity index (χ2v) is 3.02. The Hall–Kier alpha value is -0.380. The van der Waals surface area contributed by atoms with Crippen molar-refractivity contribution in [3.05, 3.63) is 12.2 Å². The predicted molar refractivity (Wildman–Crippen MR) is 51.7 cm³/mol. The van der Waals surface area contributed by atoms with Gasteiger partial charge in [-0.1, -0.05) is 5.57 Å². The molecule has 12 heavy (non-hydrogen) atoms. The molecular weight excluding hydrogens is 152 g/mol. The Bertz CT molecular complexity index is 126. The predicted octanol–water partition coefficient (Wildman–Crippen LogP) is 1.21. The average molecular weight is 172 g/mol. The maximum atomic E-state index is 5.34. The van der Waals surface area contributed by atoms with E-state index in [0.29, 0.717) is 6.61 Å². The number of rotatable bonds is 7. The summed E-state index contributed by atoms with van der Waals surface area (Å²) in [6, 6.07) is 0.252. The molecule has 1 atom stereocenters. The Morgan fingerprint density at radius 2 is 2.33 bits per heavy atom. The Balaban J connectivity index is 3.45. The van der Waals surface area contributed by atoms with Crippen LogP contribution in [0.4, 0.5) is 0 Å². The quantitative estimate of drug-likeness (QED) is 0.345. The molecule has 0 saturated heterocycles. The highest BCUT2D eigenvalue weighted by Crippen LogP contribution is 2.04. The van der Waals surface area contributed by atoms with Crippen molar-refractivity contribution in [3.8, 4) is 0 Å². The van der Waals surface area contributed by atoms with E-state index in [1.54, 1.807) is 0 Å². The van der Waals surface area contributed by atoms with E-state index in [1.807, 2.05) is 13.8 Å². The smallest absolute Gasteiger partial charge is 0.0633 e. The van der Waals surface area contributed by atoms with Gasteiger partial charge in [0.1, 0.15) is 0 Å². The third-order valence-corrected chi connectivity index (χ3v) is 1.68. The molecule has 0 aliphatic heterocycles. The first-order chi connectivity index (χ1) is 5.70. The number of allylic oxidation sites excluding steroid dienone is 1. The average Bonchev–Trinajstić information content (AvgIpc) is 2.05. The third-order valence-electron chi connectivity index (χ3n) is 1.68. The molecule has 0 aliphatic carbocycles. The molecule has 0 aromatic rings. The Morgan fingerprint density at radius 1 is 1.67 bits per heavy atom. The van der Waals surface area contributed by atoms with E-state index < -0.39 is 0 Å². The van der Waals surface area contributed by atoms with Crippen molar-refractivity contribution in [1.82, 2.24) is 5.43 Å². The van der Waals surface area contributed by atoms with Gasteiger partial charge in [-0.2, -0.15) is 0 Å². The summed E-state index contributed by atoms with van der Waals surface area (Å²) in [5.41, 5.74) is 3.91. The highest BCUT2D eigenvalue weighted by atomic mass is 16.5. The largest absolute Gasteiger partial charge is 0.380 e. The summed E-state index contributed by atoms with van der Waals surface area (Å²) in [6.07, 6.45) is 1.99.